The number of rotatable bonds is 11. The Balaban J connectivity index is 1.57. The van der Waals surface area contributed by atoms with Gasteiger partial charge in [0.15, 0.2) is 0 Å². The molecule has 1 aliphatic rings. The molecule has 1 fully saturated rings. The van der Waals surface area contributed by atoms with Crippen molar-refractivity contribution in [3.8, 4) is 0 Å². The SMILES string of the molecule is CCc1ccc(N(C(=O)CCCC(=O)Nc2ccccn2)[C@@H](C(=O)NC2CCCC2)c2ccc(F)cc2)cc1. The molecular weight excluding hydrogens is 495 g/mol. The molecule has 1 heterocycles. The van der Waals surface area contributed by atoms with Crippen molar-refractivity contribution in [2.45, 2.75) is 70.4 Å². The number of anilines is 2. The lowest BCUT2D eigenvalue weighted by molar-refractivity contribution is -0.127. The van der Waals surface area contributed by atoms with Crippen molar-refractivity contribution in [3.63, 3.8) is 0 Å². The molecule has 7 nitrogen and oxygen atoms in total. The van der Waals surface area contributed by atoms with Crippen LogP contribution in [0.25, 0.3) is 0 Å². The average Bonchev–Trinajstić information content (AvgIpc) is 3.46. The molecule has 0 radical (unpaired) electrons. The van der Waals surface area contributed by atoms with Gasteiger partial charge in [0.2, 0.25) is 17.7 Å². The number of amides is 3. The van der Waals surface area contributed by atoms with Gasteiger partial charge in [-0.15, -0.1) is 0 Å². The van der Waals surface area contributed by atoms with Crippen LogP contribution in [0.3, 0.4) is 0 Å². The van der Waals surface area contributed by atoms with E-state index in [0.29, 0.717) is 23.5 Å². The van der Waals surface area contributed by atoms with Crippen LogP contribution in [0.15, 0.2) is 72.9 Å². The highest BCUT2D eigenvalue weighted by molar-refractivity contribution is 6.01. The first kappa shape index (κ1) is 28.0. The van der Waals surface area contributed by atoms with Gasteiger partial charge in [0.1, 0.15) is 17.7 Å². The van der Waals surface area contributed by atoms with Crippen molar-refractivity contribution in [2.75, 3.05) is 10.2 Å². The van der Waals surface area contributed by atoms with Crippen molar-refractivity contribution in [3.05, 3.63) is 89.9 Å². The molecule has 0 aliphatic heterocycles. The van der Waals surface area contributed by atoms with Crippen LogP contribution in [0.1, 0.15) is 69.0 Å². The van der Waals surface area contributed by atoms with Gasteiger partial charge in [-0.1, -0.05) is 50.1 Å². The molecule has 1 saturated carbocycles. The van der Waals surface area contributed by atoms with Crippen LogP contribution in [-0.2, 0) is 20.8 Å². The van der Waals surface area contributed by atoms with Gasteiger partial charge in [-0.3, -0.25) is 19.3 Å². The lowest BCUT2D eigenvalue weighted by atomic mass is 10.0. The average molecular weight is 531 g/mol. The number of halogens is 1. The third-order valence-electron chi connectivity index (χ3n) is 7.01. The maximum absolute atomic E-state index is 13.8. The molecule has 1 atom stereocenters. The second-order valence-corrected chi connectivity index (χ2v) is 9.84. The molecular formula is C31H35FN4O3. The molecule has 204 valence electrons. The minimum absolute atomic E-state index is 0.0511. The van der Waals surface area contributed by atoms with Crippen molar-refractivity contribution in [1.29, 1.82) is 0 Å². The van der Waals surface area contributed by atoms with Gasteiger partial charge in [-0.2, -0.15) is 0 Å². The summed E-state index contributed by atoms with van der Waals surface area (Å²) >= 11 is 0. The highest BCUT2D eigenvalue weighted by atomic mass is 19.1. The molecule has 0 bridgehead atoms. The maximum atomic E-state index is 13.8. The number of pyridine rings is 1. The number of aromatic nitrogens is 1. The first-order chi connectivity index (χ1) is 18.9. The van der Waals surface area contributed by atoms with Crippen LogP contribution in [0.4, 0.5) is 15.9 Å². The fourth-order valence-corrected chi connectivity index (χ4v) is 4.91. The summed E-state index contributed by atoms with van der Waals surface area (Å²) in [6.07, 6.45) is 6.79. The van der Waals surface area contributed by atoms with Crippen molar-refractivity contribution in [2.24, 2.45) is 0 Å². The highest BCUT2D eigenvalue weighted by Crippen LogP contribution is 2.31. The second-order valence-electron chi connectivity index (χ2n) is 9.84. The molecule has 2 aromatic carbocycles. The van der Waals surface area contributed by atoms with Crippen molar-refractivity contribution < 1.29 is 18.8 Å². The summed E-state index contributed by atoms with van der Waals surface area (Å²) in [5, 5.41) is 5.85. The molecule has 1 aliphatic carbocycles. The number of nitrogens with zero attached hydrogens (tertiary/aromatic N) is 2. The van der Waals surface area contributed by atoms with Crippen LogP contribution in [0.5, 0.6) is 0 Å². The van der Waals surface area contributed by atoms with E-state index < -0.39 is 11.9 Å². The van der Waals surface area contributed by atoms with Crippen LogP contribution in [0.2, 0.25) is 0 Å². The maximum Gasteiger partial charge on any atom is 0.248 e. The molecule has 4 rings (SSSR count). The Morgan fingerprint density at radius 3 is 2.33 bits per heavy atom. The Morgan fingerprint density at radius 1 is 0.974 bits per heavy atom. The molecule has 3 aromatic rings. The Bertz CT molecular complexity index is 1240. The van der Waals surface area contributed by atoms with Gasteiger partial charge in [-0.25, -0.2) is 9.37 Å². The standard InChI is InChI=1S/C31H35FN4O3/c1-2-22-13-19-26(20-14-22)36(29(38)12-7-11-28(37)35-27-10-5-6-21-33-27)30(23-15-17-24(32)18-16-23)31(39)34-25-8-3-4-9-25/h5-6,10,13-21,25,30H,2-4,7-9,11-12H2,1H3,(H,34,39)(H,33,35,37)/t30-/m1/s1. The molecule has 0 saturated heterocycles. The summed E-state index contributed by atoms with van der Waals surface area (Å²) in [5.74, 6) is -0.797. The topological polar surface area (TPSA) is 91.4 Å². The molecule has 2 N–H and O–H groups in total. The lowest BCUT2D eigenvalue weighted by Crippen LogP contribution is -2.46. The molecule has 0 unspecified atom stereocenters. The Labute approximate surface area is 228 Å². The number of carbonyl (C=O) groups excluding carboxylic acids is 3. The van der Waals surface area contributed by atoms with Crippen molar-refractivity contribution >= 4 is 29.2 Å². The Morgan fingerprint density at radius 2 is 1.69 bits per heavy atom. The minimum atomic E-state index is -0.978. The zero-order valence-electron chi connectivity index (χ0n) is 22.2. The first-order valence-electron chi connectivity index (χ1n) is 13.6. The summed E-state index contributed by atoms with van der Waals surface area (Å²) in [5.41, 5.74) is 2.20. The second kappa shape index (κ2) is 13.6. The van der Waals surface area contributed by atoms with Crippen LogP contribution >= 0.6 is 0 Å². The van der Waals surface area contributed by atoms with E-state index in [1.807, 2.05) is 31.2 Å². The number of nitrogens with one attached hydrogen (secondary N) is 2. The van der Waals surface area contributed by atoms with Crippen LogP contribution in [-0.4, -0.2) is 28.7 Å². The van der Waals surface area contributed by atoms with E-state index in [1.54, 1.807) is 36.5 Å². The van der Waals surface area contributed by atoms with Gasteiger partial charge >= 0.3 is 0 Å². The van der Waals surface area contributed by atoms with E-state index in [9.17, 15) is 18.8 Å². The van der Waals surface area contributed by atoms with Crippen LogP contribution < -0.4 is 15.5 Å². The summed E-state index contributed by atoms with van der Waals surface area (Å²) < 4.78 is 13.8. The summed E-state index contributed by atoms with van der Waals surface area (Å²) in [6.45, 7) is 2.05. The summed E-state index contributed by atoms with van der Waals surface area (Å²) in [4.78, 5) is 45.5. The van der Waals surface area contributed by atoms with Gasteiger partial charge in [0.05, 0.1) is 0 Å². The summed E-state index contributed by atoms with van der Waals surface area (Å²) in [7, 11) is 0. The molecule has 1 aromatic heterocycles. The zero-order chi connectivity index (χ0) is 27.6. The highest BCUT2D eigenvalue weighted by Gasteiger charge is 2.34. The smallest absolute Gasteiger partial charge is 0.248 e. The van der Waals surface area contributed by atoms with E-state index >= 15 is 0 Å². The monoisotopic (exact) mass is 530 g/mol. The third kappa shape index (κ3) is 7.72. The zero-order valence-corrected chi connectivity index (χ0v) is 22.2. The quantitative estimate of drug-likeness (QED) is 0.331. The Kier molecular flexibility index (Phi) is 9.78. The molecule has 0 spiro atoms. The number of aryl methyl sites for hydroxylation is 1. The summed E-state index contributed by atoms with van der Waals surface area (Å²) in [6, 6.07) is 17.6. The van der Waals surface area contributed by atoms with Gasteiger partial charge in [0.25, 0.3) is 0 Å². The van der Waals surface area contributed by atoms with Gasteiger partial charge < -0.3 is 10.6 Å². The fraction of sp³-hybridized carbons (Fsp3) is 0.355. The fourth-order valence-electron chi connectivity index (χ4n) is 4.91. The molecule has 3 amide bonds. The van der Waals surface area contributed by atoms with Gasteiger partial charge in [-0.05, 0) is 73.2 Å². The largest absolute Gasteiger partial charge is 0.351 e. The number of hydrogen-bond donors (Lipinski definition) is 2. The van der Waals surface area contributed by atoms with Crippen LogP contribution in [0, 0.1) is 5.82 Å². The lowest BCUT2D eigenvalue weighted by Gasteiger charge is -2.32. The van der Waals surface area contributed by atoms with E-state index in [0.717, 1.165) is 37.7 Å². The number of carbonyl (C=O) groups is 3. The molecule has 8 heteroatoms. The number of benzene rings is 2. The predicted octanol–water partition coefficient (Wildman–Crippen LogP) is 5.73. The van der Waals surface area contributed by atoms with Crippen molar-refractivity contribution in [1.82, 2.24) is 10.3 Å². The number of hydrogen-bond acceptors (Lipinski definition) is 4. The minimum Gasteiger partial charge on any atom is -0.351 e. The van der Waals surface area contributed by atoms with E-state index in [4.69, 9.17) is 0 Å². The first-order valence-corrected chi connectivity index (χ1v) is 13.6. The Hall–Kier alpha value is -4.07. The molecule has 39 heavy (non-hydrogen) atoms. The third-order valence-corrected chi connectivity index (χ3v) is 7.01. The van der Waals surface area contributed by atoms with Gasteiger partial charge in [0, 0.05) is 30.8 Å². The predicted molar refractivity (Wildman–Crippen MR) is 150 cm³/mol. The van der Waals surface area contributed by atoms with E-state index in [2.05, 4.69) is 15.6 Å². The van der Waals surface area contributed by atoms with E-state index in [-0.39, 0.29) is 36.6 Å². The van der Waals surface area contributed by atoms with E-state index in [1.165, 1.54) is 17.0 Å². The normalized spacial score (nSPS) is 14.0.